The predicted octanol–water partition coefficient (Wildman–Crippen LogP) is 4.13. The quantitative estimate of drug-likeness (QED) is 0.842. The molecule has 0 aliphatic rings. The van der Waals surface area contributed by atoms with Crippen LogP contribution in [0.25, 0.3) is 0 Å². The first-order chi connectivity index (χ1) is 9.97. The first kappa shape index (κ1) is 16.1. The zero-order chi connectivity index (χ0) is 15.4. The van der Waals surface area contributed by atoms with Crippen molar-refractivity contribution in [2.45, 2.75) is 39.4 Å². The van der Waals surface area contributed by atoms with Crippen molar-refractivity contribution >= 4 is 15.9 Å². The number of halogens is 3. The average Bonchev–Trinajstić information content (AvgIpc) is 2.79. The van der Waals surface area contributed by atoms with Gasteiger partial charge in [-0.15, -0.1) is 0 Å². The second-order valence-electron chi connectivity index (χ2n) is 5.18. The van der Waals surface area contributed by atoms with Gasteiger partial charge in [0.25, 0.3) is 6.43 Å². The molecule has 0 radical (unpaired) electrons. The van der Waals surface area contributed by atoms with Gasteiger partial charge >= 0.3 is 0 Å². The fourth-order valence-electron chi connectivity index (χ4n) is 2.07. The van der Waals surface area contributed by atoms with Crippen LogP contribution < -0.4 is 5.32 Å². The molecule has 0 atom stereocenters. The summed E-state index contributed by atoms with van der Waals surface area (Å²) >= 11 is 3.38. The van der Waals surface area contributed by atoms with Crippen molar-refractivity contribution in [3.05, 3.63) is 51.8 Å². The van der Waals surface area contributed by atoms with Crippen molar-refractivity contribution in [3.63, 3.8) is 0 Å². The summed E-state index contributed by atoms with van der Waals surface area (Å²) in [5.41, 5.74) is 1.47. The fourth-order valence-corrected chi connectivity index (χ4v) is 2.52. The number of hydrogen-bond acceptors (Lipinski definition) is 2. The van der Waals surface area contributed by atoms with E-state index in [2.05, 4.69) is 26.3 Å². The SMILES string of the molecule is CC(C)NCc1cnn(Cc2cccc(Br)c2)c1C(F)F. The minimum atomic E-state index is -2.54. The summed E-state index contributed by atoms with van der Waals surface area (Å²) in [7, 11) is 0. The van der Waals surface area contributed by atoms with Gasteiger partial charge in [-0.2, -0.15) is 5.10 Å². The summed E-state index contributed by atoms with van der Waals surface area (Å²) in [5, 5.41) is 7.27. The maximum atomic E-state index is 13.3. The largest absolute Gasteiger partial charge is 0.310 e. The standard InChI is InChI=1S/C15H18BrF2N3/c1-10(2)19-7-12-8-20-21(14(12)15(17)18)9-11-4-3-5-13(16)6-11/h3-6,8,10,15,19H,7,9H2,1-2H3. The maximum absolute atomic E-state index is 13.3. The summed E-state index contributed by atoms with van der Waals surface area (Å²) in [6, 6.07) is 7.82. The van der Waals surface area contributed by atoms with Crippen molar-refractivity contribution in [1.82, 2.24) is 15.1 Å². The van der Waals surface area contributed by atoms with Crippen molar-refractivity contribution in [3.8, 4) is 0 Å². The van der Waals surface area contributed by atoms with E-state index in [0.29, 0.717) is 18.7 Å². The Morgan fingerprint density at radius 3 is 2.71 bits per heavy atom. The van der Waals surface area contributed by atoms with Gasteiger partial charge in [-0.05, 0) is 17.7 Å². The number of nitrogens with one attached hydrogen (secondary N) is 1. The van der Waals surface area contributed by atoms with Crippen LogP contribution in [0, 0.1) is 0 Å². The van der Waals surface area contributed by atoms with E-state index in [9.17, 15) is 8.78 Å². The Morgan fingerprint density at radius 2 is 2.10 bits per heavy atom. The van der Waals surface area contributed by atoms with Crippen LogP contribution in [-0.2, 0) is 13.1 Å². The van der Waals surface area contributed by atoms with E-state index in [-0.39, 0.29) is 11.7 Å². The van der Waals surface area contributed by atoms with Gasteiger partial charge in [0, 0.05) is 22.6 Å². The summed E-state index contributed by atoms with van der Waals surface area (Å²) < 4.78 is 29.0. The zero-order valence-electron chi connectivity index (χ0n) is 12.0. The lowest BCUT2D eigenvalue weighted by molar-refractivity contribution is 0.138. The molecule has 1 heterocycles. The Bertz CT molecular complexity index is 596. The minimum absolute atomic E-state index is 0.0110. The number of alkyl halides is 2. The molecule has 114 valence electrons. The van der Waals surface area contributed by atoms with Gasteiger partial charge in [-0.1, -0.05) is 41.9 Å². The van der Waals surface area contributed by atoms with Crippen LogP contribution in [-0.4, -0.2) is 15.8 Å². The van der Waals surface area contributed by atoms with Crippen LogP contribution in [0.3, 0.4) is 0 Å². The number of aromatic nitrogens is 2. The third-order valence-corrected chi connectivity index (χ3v) is 3.58. The summed E-state index contributed by atoms with van der Waals surface area (Å²) in [6.45, 7) is 4.69. The summed E-state index contributed by atoms with van der Waals surface area (Å²) in [5.74, 6) is 0. The van der Waals surface area contributed by atoms with Crippen LogP contribution >= 0.6 is 15.9 Å². The van der Waals surface area contributed by atoms with Gasteiger partial charge in [0.15, 0.2) is 0 Å². The summed E-state index contributed by atoms with van der Waals surface area (Å²) in [6.07, 6.45) is -1.02. The van der Waals surface area contributed by atoms with E-state index in [1.807, 2.05) is 38.1 Å². The predicted molar refractivity (Wildman–Crippen MR) is 82.4 cm³/mol. The first-order valence-corrected chi connectivity index (χ1v) is 7.57. The molecule has 21 heavy (non-hydrogen) atoms. The summed E-state index contributed by atoms with van der Waals surface area (Å²) in [4.78, 5) is 0. The normalized spacial score (nSPS) is 11.6. The molecule has 0 fully saturated rings. The molecule has 0 aliphatic heterocycles. The zero-order valence-corrected chi connectivity index (χ0v) is 13.6. The van der Waals surface area contributed by atoms with Gasteiger partial charge in [0.1, 0.15) is 5.69 Å². The lowest BCUT2D eigenvalue weighted by Gasteiger charge is -2.11. The van der Waals surface area contributed by atoms with E-state index in [1.165, 1.54) is 10.9 Å². The van der Waals surface area contributed by atoms with Crippen LogP contribution in [0.4, 0.5) is 8.78 Å². The highest BCUT2D eigenvalue weighted by atomic mass is 79.9. The van der Waals surface area contributed by atoms with Crippen molar-refractivity contribution in [2.75, 3.05) is 0 Å². The second-order valence-corrected chi connectivity index (χ2v) is 6.09. The van der Waals surface area contributed by atoms with Gasteiger partial charge in [0.05, 0.1) is 12.7 Å². The lowest BCUT2D eigenvalue weighted by atomic mass is 10.2. The maximum Gasteiger partial charge on any atom is 0.280 e. The van der Waals surface area contributed by atoms with Gasteiger partial charge in [-0.25, -0.2) is 8.78 Å². The third-order valence-electron chi connectivity index (χ3n) is 3.09. The minimum Gasteiger partial charge on any atom is -0.310 e. The molecule has 0 amide bonds. The van der Waals surface area contributed by atoms with E-state index in [0.717, 1.165) is 10.0 Å². The Labute approximate surface area is 131 Å². The van der Waals surface area contributed by atoms with E-state index in [4.69, 9.17) is 0 Å². The second kappa shape index (κ2) is 7.13. The van der Waals surface area contributed by atoms with Crippen LogP contribution in [0.5, 0.6) is 0 Å². The molecule has 0 bridgehead atoms. The molecule has 0 saturated heterocycles. The molecule has 3 nitrogen and oxygen atoms in total. The van der Waals surface area contributed by atoms with Crippen LogP contribution in [0.2, 0.25) is 0 Å². The smallest absolute Gasteiger partial charge is 0.280 e. The molecule has 0 saturated carbocycles. The molecule has 6 heteroatoms. The lowest BCUT2D eigenvalue weighted by Crippen LogP contribution is -2.22. The van der Waals surface area contributed by atoms with Gasteiger partial charge < -0.3 is 5.32 Å². The van der Waals surface area contributed by atoms with Crippen molar-refractivity contribution in [2.24, 2.45) is 0 Å². The molecular formula is C15H18BrF2N3. The number of rotatable bonds is 6. The van der Waals surface area contributed by atoms with Crippen molar-refractivity contribution in [1.29, 1.82) is 0 Å². The van der Waals surface area contributed by atoms with E-state index in [1.54, 1.807) is 0 Å². The Morgan fingerprint density at radius 1 is 1.33 bits per heavy atom. The highest BCUT2D eigenvalue weighted by molar-refractivity contribution is 9.10. The van der Waals surface area contributed by atoms with Crippen LogP contribution in [0.1, 0.15) is 37.1 Å². The molecule has 1 N–H and O–H groups in total. The first-order valence-electron chi connectivity index (χ1n) is 6.78. The highest BCUT2D eigenvalue weighted by Gasteiger charge is 2.20. The molecule has 2 aromatic rings. The molecule has 1 aromatic carbocycles. The number of nitrogens with zero attached hydrogens (tertiary/aromatic N) is 2. The Balaban J connectivity index is 2.23. The molecule has 0 unspecified atom stereocenters. The Hall–Kier alpha value is -1.27. The monoisotopic (exact) mass is 357 g/mol. The average molecular weight is 358 g/mol. The van der Waals surface area contributed by atoms with Gasteiger partial charge in [0.2, 0.25) is 0 Å². The highest BCUT2D eigenvalue weighted by Crippen LogP contribution is 2.24. The number of benzene rings is 1. The number of hydrogen-bond donors (Lipinski definition) is 1. The van der Waals surface area contributed by atoms with Gasteiger partial charge in [-0.3, -0.25) is 4.68 Å². The molecule has 2 rings (SSSR count). The molecule has 0 aliphatic carbocycles. The molecule has 1 aromatic heterocycles. The van der Waals surface area contributed by atoms with E-state index >= 15 is 0 Å². The van der Waals surface area contributed by atoms with Crippen molar-refractivity contribution < 1.29 is 8.78 Å². The van der Waals surface area contributed by atoms with E-state index < -0.39 is 6.43 Å². The topological polar surface area (TPSA) is 29.9 Å². The third kappa shape index (κ3) is 4.35. The molecular weight excluding hydrogens is 340 g/mol. The molecule has 0 spiro atoms. The fraction of sp³-hybridized carbons (Fsp3) is 0.400. The van der Waals surface area contributed by atoms with Crippen LogP contribution in [0.15, 0.2) is 34.9 Å². The Kier molecular flexibility index (Phi) is 5.47.